The van der Waals surface area contributed by atoms with Crippen LogP contribution >= 0.6 is 0 Å². The van der Waals surface area contributed by atoms with Crippen molar-refractivity contribution in [3.63, 3.8) is 0 Å². The Labute approximate surface area is 198 Å². The van der Waals surface area contributed by atoms with E-state index < -0.39 is 11.5 Å². The highest BCUT2D eigenvalue weighted by atomic mass is 16.5. The number of nitrogens with one attached hydrogen (secondary N) is 4. The van der Waals surface area contributed by atoms with E-state index in [0.29, 0.717) is 41.6 Å². The minimum absolute atomic E-state index is 0.129. The topological polar surface area (TPSA) is 148 Å². The first-order valence-corrected chi connectivity index (χ1v) is 11.0. The fraction of sp³-hybridized carbons (Fsp3) is 0.375. The lowest BCUT2D eigenvalue weighted by Gasteiger charge is -2.20. The molecular formula is C24H31N7O3. The summed E-state index contributed by atoms with van der Waals surface area (Å²) in [5.74, 6) is 1.08. The van der Waals surface area contributed by atoms with E-state index >= 15 is 0 Å². The molecule has 2 aromatic rings. The maximum absolute atomic E-state index is 11.4. The first-order chi connectivity index (χ1) is 16.0. The zero-order valence-electron chi connectivity index (χ0n) is 20.1. The maximum atomic E-state index is 11.4. The number of carbonyl (C=O) groups is 1. The second-order valence-electron chi connectivity index (χ2n) is 8.87. The molecule has 180 valence electrons. The second kappa shape index (κ2) is 9.90. The molecule has 34 heavy (non-hydrogen) atoms. The van der Waals surface area contributed by atoms with Gasteiger partial charge in [0.15, 0.2) is 5.84 Å². The van der Waals surface area contributed by atoms with Crippen molar-refractivity contribution in [2.24, 2.45) is 4.99 Å². The number of aromatic nitrogens is 2. The van der Waals surface area contributed by atoms with E-state index in [1.807, 2.05) is 42.8 Å². The molecule has 10 nitrogen and oxygen atoms in total. The lowest BCUT2D eigenvalue weighted by molar-refractivity contribution is -0.142. The van der Waals surface area contributed by atoms with Gasteiger partial charge in [0.05, 0.1) is 12.1 Å². The Morgan fingerprint density at radius 3 is 2.74 bits per heavy atom. The molecule has 0 spiro atoms. The Hall–Kier alpha value is -3.95. The second-order valence-corrected chi connectivity index (χ2v) is 8.87. The van der Waals surface area contributed by atoms with Crippen LogP contribution in [0, 0.1) is 10.8 Å². The van der Waals surface area contributed by atoms with Crippen molar-refractivity contribution in [1.29, 1.82) is 10.8 Å². The first kappa shape index (κ1) is 24.7. The lowest BCUT2D eigenvalue weighted by Crippen LogP contribution is -2.43. The van der Waals surface area contributed by atoms with Gasteiger partial charge in [0, 0.05) is 30.2 Å². The van der Waals surface area contributed by atoms with Gasteiger partial charge in [-0.05, 0) is 52.3 Å². The van der Waals surface area contributed by atoms with E-state index in [2.05, 4.69) is 15.6 Å². The Balaban J connectivity index is 2.00. The van der Waals surface area contributed by atoms with Gasteiger partial charge >= 0.3 is 5.97 Å². The van der Waals surface area contributed by atoms with Crippen LogP contribution in [-0.4, -0.2) is 56.7 Å². The number of nitrogens with zero attached hydrogens (tertiary/aromatic N) is 3. The van der Waals surface area contributed by atoms with Crippen LogP contribution in [0.5, 0.6) is 5.75 Å². The summed E-state index contributed by atoms with van der Waals surface area (Å²) in [6.07, 6.45) is 4.60. The van der Waals surface area contributed by atoms with Crippen molar-refractivity contribution in [2.45, 2.75) is 52.7 Å². The fourth-order valence-corrected chi connectivity index (χ4v) is 3.31. The number of amidine groups is 2. The highest BCUT2D eigenvalue weighted by Gasteiger charge is 2.25. The lowest BCUT2D eigenvalue weighted by atomic mass is 10.0. The molecule has 5 N–H and O–H groups in total. The minimum Gasteiger partial charge on any atom is -0.491 e. The predicted octanol–water partition coefficient (Wildman–Crippen LogP) is 3.13. The highest BCUT2D eigenvalue weighted by molar-refractivity contribution is 6.08. The SMILES string of the molecule is CC(=N)/N=C(\NC(C)C)c1cn2c(n1)-c1ccc(/C(C=N)=C/NC(C)(C)C(=O)O)cc1OCC2. The summed E-state index contributed by atoms with van der Waals surface area (Å²) < 4.78 is 7.98. The number of aliphatic imine (C=N–C) groups is 1. The number of aliphatic carboxylic acids is 1. The van der Waals surface area contributed by atoms with E-state index in [-0.39, 0.29) is 11.9 Å². The summed E-state index contributed by atoms with van der Waals surface area (Å²) in [5.41, 5.74) is 1.51. The molecule has 0 atom stereocenters. The minimum atomic E-state index is -1.17. The molecule has 2 heterocycles. The van der Waals surface area contributed by atoms with Gasteiger partial charge in [0.25, 0.3) is 0 Å². The van der Waals surface area contributed by atoms with Gasteiger partial charge in [-0.2, -0.15) is 0 Å². The van der Waals surface area contributed by atoms with Crippen LogP contribution in [0.2, 0.25) is 0 Å². The Morgan fingerprint density at radius 2 is 2.12 bits per heavy atom. The molecule has 0 unspecified atom stereocenters. The maximum Gasteiger partial charge on any atom is 0.328 e. The van der Waals surface area contributed by atoms with Crippen molar-refractivity contribution in [3.05, 3.63) is 41.9 Å². The zero-order chi connectivity index (χ0) is 25.0. The third kappa shape index (κ3) is 5.51. The van der Waals surface area contributed by atoms with Crippen molar-refractivity contribution < 1.29 is 14.6 Å². The Kier molecular flexibility index (Phi) is 7.19. The number of hydrogen-bond donors (Lipinski definition) is 5. The number of ether oxygens (including phenoxy) is 1. The number of hydrogen-bond acceptors (Lipinski definition) is 6. The summed E-state index contributed by atoms with van der Waals surface area (Å²) in [6, 6.07) is 5.69. The number of carboxylic acids is 1. The standard InChI is InChI=1S/C24H31N7O3/c1-14(2)28-21(29-15(3)26)19-13-31-8-9-34-20-10-16(6-7-18(20)22(31)30-19)17(11-25)12-27-24(4,5)23(32)33/h6-7,10-14,25,27H,8-9H2,1-5H3,(H,32,33)(H2,26,28,29)/b17-12+,25-11?. The predicted molar refractivity (Wildman–Crippen MR) is 133 cm³/mol. The molecule has 0 saturated carbocycles. The summed E-state index contributed by atoms with van der Waals surface area (Å²) in [6.45, 7) is 9.75. The van der Waals surface area contributed by atoms with Gasteiger partial charge in [-0.15, -0.1) is 0 Å². The molecule has 0 bridgehead atoms. The molecule has 1 aliphatic heterocycles. The van der Waals surface area contributed by atoms with E-state index in [4.69, 9.17) is 20.5 Å². The van der Waals surface area contributed by atoms with E-state index in [1.165, 1.54) is 12.4 Å². The molecule has 0 aliphatic carbocycles. The smallest absolute Gasteiger partial charge is 0.328 e. The molecule has 1 aliphatic rings. The molecule has 0 amide bonds. The van der Waals surface area contributed by atoms with Gasteiger partial charge in [-0.1, -0.05) is 6.07 Å². The van der Waals surface area contributed by atoms with Crippen molar-refractivity contribution in [1.82, 2.24) is 20.2 Å². The van der Waals surface area contributed by atoms with Crippen LogP contribution in [0.15, 0.2) is 35.6 Å². The van der Waals surface area contributed by atoms with Crippen molar-refractivity contribution in [2.75, 3.05) is 6.61 Å². The number of fused-ring (bicyclic) bond motifs is 3. The van der Waals surface area contributed by atoms with Gasteiger partial charge in [0.2, 0.25) is 0 Å². The summed E-state index contributed by atoms with van der Waals surface area (Å²) >= 11 is 0. The fourth-order valence-electron chi connectivity index (χ4n) is 3.31. The largest absolute Gasteiger partial charge is 0.491 e. The monoisotopic (exact) mass is 465 g/mol. The van der Waals surface area contributed by atoms with Gasteiger partial charge in [-0.25, -0.2) is 14.8 Å². The quantitative estimate of drug-likeness (QED) is 0.313. The van der Waals surface area contributed by atoms with Gasteiger partial charge < -0.3 is 30.5 Å². The first-order valence-electron chi connectivity index (χ1n) is 11.0. The molecule has 1 aromatic carbocycles. The summed E-state index contributed by atoms with van der Waals surface area (Å²) in [5, 5.41) is 31.0. The van der Waals surface area contributed by atoms with E-state index in [0.717, 1.165) is 11.4 Å². The molecule has 0 saturated heterocycles. The van der Waals surface area contributed by atoms with E-state index in [1.54, 1.807) is 20.8 Å². The van der Waals surface area contributed by atoms with Crippen LogP contribution in [-0.2, 0) is 11.3 Å². The van der Waals surface area contributed by atoms with Gasteiger partial charge in [0.1, 0.15) is 35.2 Å². The molecule has 0 radical (unpaired) electrons. The van der Waals surface area contributed by atoms with E-state index in [9.17, 15) is 9.90 Å². The Bertz CT molecular complexity index is 1180. The van der Waals surface area contributed by atoms with Crippen LogP contribution in [0.1, 0.15) is 45.9 Å². The van der Waals surface area contributed by atoms with Crippen LogP contribution in [0.25, 0.3) is 17.0 Å². The molecule has 1 aromatic heterocycles. The molecule has 3 rings (SSSR count). The number of allylic oxidation sites excluding steroid dienone is 1. The molecular weight excluding hydrogens is 434 g/mol. The number of rotatable bonds is 7. The van der Waals surface area contributed by atoms with Crippen LogP contribution in [0.3, 0.4) is 0 Å². The average molecular weight is 466 g/mol. The average Bonchev–Trinajstić information content (AvgIpc) is 3.09. The van der Waals surface area contributed by atoms with Crippen LogP contribution in [0.4, 0.5) is 0 Å². The molecule has 10 heteroatoms. The third-order valence-electron chi connectivity index (χ3n) is 5.15. The number of imidazole rings is 1. The highest BCUT2D eigenvalue weighted by Crippen LogP contribution is 2.34. The normalized spacial score (nSPS) is 13.9. The van der Waals surface area contributed by atoms with Crippen molar-refractivity contribution in [3.8, 4) is 17.1 Å². The summed E-state index contributed by atoms with van der Waals surface area (Å²) in [4.78, 5) is 20.5. The van der Waals surface area contributed by atoms with Crippen molar-refractivity contribution >= 4 is 29.4 Å². The van der Waals surface area contributed by atoms with Gasteiger partial charge in [-0.3, -0.25) is 5.41 Å². The summed E-state index contributed by atoms with van der Waals surface area (Å²) in [7, 11) is 0. The number of carboxylic acid groups (broad SMARTS) is 1. The third-order valence-corrected chi connectivity index (χ3v) is 5.15. The molecule has 0 fully saturated rings. The van der Waals surface area contributed by atoms with Crippen LogP contribution < -0.4 is 15.4 Å². The zero-order valence-corrected chi connectivity index (χ0v) is 20.1. The number of benzene rings is 1. The Morgan fingerprint density at radius 1 is 1.38 bits per heavy atom.